The van der Waals surface area contributed by atoms with Crippen LogP contribution in [0, 0.1) is 6.92 Å². The van der Waals surface area contributed by atoms with Crippen molar-refractivity contribution in [3.63, 3.8) is 0 Å². The van der Waals surface area contributed by atoms with Crippen LogP contribution in [0.5, 0.6) is 5.75 Å². The molecule has 0 radical (unpaired) electrons. The molecule has 0 aliphatic carbocycles. The van der Waals surface area contributed by atoms with E-state index in [1.54, 1.807) is 13.2 Å². The van der Waals surface area contributed by atoms with E-state index in [4.69, 9.17) is 15.3 Å². The van der Waals surface area contributed by atoms with Gasteiger partial charge in [-0.05, 0) is 30.7 Å². The number of aromatic nitrogens is 2. The Hall–Kier alpha value is -3.29. The third-order valence-electron chi connectivity index (χ3n) is 3.95. The highest BCUT2D eigenvalue weighted by Gasteiger charge is 2.15. The number of nitrogens with two attached hydrogens (primary N) is 1. The van der Waals surface area contributed by atoms with E-state index in [0.717, 1.165) is 16.7 Å². The van der Waals surface area contributed by atoms with Crippen molar-refractivity contribution in [3.05, 3.63) is 65.9 Å². The molecule has 7 heteroatoms. The van der Waals surface area contributed by atoms with E-state index in [0.29, 0.717) is 17.3 Å². The topological polar surface area (TPSA) is 99.4 Å². The van der Waals surface area contributed by atoms with Crippen molar-refractivity contribution in [3.8, 4) is 28.4 Å². The van der Waals surface area contributed by atoms with Crippen LogP contribution in [0.1, 0.15) is 16.1 Å². The van der Waals surface area contributed by atoms with Gasteiger partial charge in [0, 0.05) is 18.2 Å². The van der Waals surface area contributed by atoms with Gasteiger partial charge >= 0.3 is 0 Å². The molecule has 2 aromatic carbocycles. The van der Waals surface area contributed by atoms with E-state index >= 15 is 0 Å². The molecule has 3 aromatic rings. The maximum atomic E-state index is 12.1. The molecule has 0 atom stereocenters. The molecule has 0 saturated carbocycles. The summed E-state index contributed by atoms with van der Waals surface area (Å²) < 4.78 is 10.5. The van der Waals surface area contributed by atoms with Gasteiger partial charge in [0.15, 0.2) is 12.6 Å². The number of nitrogen functional groups attached to an aromatic ring is 1. The Kier molecular flexibility index (Phi) is 5.75. The highest BCUT2D eigenvalue weighted by molar-refractivity contribution is 5.93. The number of carbonyl (C=O) groups is 1. The molecule has 1 amide bonds. The molecule has 1 aromatic heterocycles. The molecule has 0 spiro atoms. The predicted molar refractivity (Wildman–Crippen MR) is 102 cm³/mol. The lowest BCUT2D eigenvalue weighted by atomic mass is 10.0. The van der Waals surface area contributed by atoms with E-state index in [-0.39, 0.29) is 12.5 Å². The van der Waals surface area contributed by atoms with Crippen LogP contribution in [0.3, 0.4) is 0 Å². The molecule has 0 fully saturated rings. The number of hydrogen-bond acceptors (Lipinski definition) is 6. The van der Waals surface area contributed by atoms with Crippen molar-refractivity contribution in [2.24, 2.45) is 5.84 Å². The van der Waals surface area contributed by atoms with Gasteiger partial charge in [-0.1, -0.05) is 36.4 Å². The Morgan fingerprint density at radius 2 is 1.89 bits per heavy atom. The average molecular weight is 364 g/mol. The van der Waals surface area contributed by atoms with Crippen LogP contribution >= 0.6 is 0 Å². The van der Waals surface area contributed by atoms with Crippen LogP contribution in [0.15, 0.2) is 54.6 Å². The minimum atomic E-state index is -0.486. The monoisotopic (exact) mass is 364 g/mol. The lowest BCUT2D eigenvalue weighted by molar-refractivity contribution is 0.0511. The molecule has 7 nitrogen and oxygen atoms in total. The largest absolute Gasteiger partial charge is 0.468 e. The number of ether oxygens (including phenoxy) is 2. The van der Waals surface area contributed by atoms with Crippen molar-refractivity contribution < 1.29 is 14.3 Å². The summed E-state index contributed by atoms with van der Waals surface area (Å²) in [6, 6.07) is 16.7. The summed E-state index contributed by atoms with van der Waals surface area (Å²) in [7, 11) is 1.56. The number of carbonyl (C=O) groups excluding carboxylic acids is 1. The lowest BCUT2D eigenvalue weighted by Crippen LogP contribution is -2.31. The Labute approximate surface area is 157 Å². The highest BCUT2D eigenvalue weighted by Crippen LogP contribution is 2.28. The van der Waals surface area contributed by atoms with Crippen LogP contribution in [0.25, 0.3) is 22.6 Å². The second kappa shape index (κ2) is 8.39. The number of amides is 1. The molecule has 0 unspecified atom stereocenters. The zero-order valence-electron chi connectivity index (χ0n) is 15.1. The van der Waals surface area contributed by atoms with Crippen LogP contribution < -0.4 is 16.0 Å². The number of methoxy groups -OCH3 is 1. The van der Waals surface area contributed by atoms with Crippen LogP contribution in [0.2, 0.25) is 0 Å². The second-order valence-electron chi connectivity index (χ2n) is 5.83. The van der Waals surface area contributed by atoms with E-state index in [2.05, 4.69) is 15.4 Å². The fraction of sp³-hybridized carbons (Fsp3) is 0.150. The van der Waals surface area contributed by atoms with Crippen molar-refractivity contribution in [1.82, 2.24) is 15.4 Å². The Morgan fingerprint density at radius 1 is 1.11 bits per heavy atom. The van der Waals surface area contributed by atoms with Gasteiger partial charge in [-0.3, -0.25) is 10.2 Å². The normalized spacial score (nSPS) is 10.5. The van der Waals surface area contributed by atoms with Gasteiger partial charge < -0.3 is 9.47 Å². The molecule has 3 N–H and O–H groups in total. The molecule has 0 aliphatic heterocycles. The van der Waals surface area contributed by atoms with Crippen molar-refractivity contribution in [2.45, 2.75) is 6.92 Å². The van der Waals surface area contributed by atoms with Crippen molar-refractivity contribution in [1.29, 1.82) is 0 Å². The van der Waals surface area contributed by atoms with Crippen molar-refractivity contribution >= 4 is 5.91 Å². The van der Waals surface area contributed by atoms with Crippen LogP contribution in [-0.4, -0.2) is 29.8 Å². The minimum Gasteiger partial charge on any atom is -0.468 e. The smallest absolute Gasteiger partial charge is 0.283 e. The molecule has 0 saturated heterocycles. The number of nitrogens with zero attached hydrogens (tertiary/aromatic N) is 2. The highest BCUT2D eigenvalue weighted by atomic mass is 16.7. The first kappa shape index (κ1) is 18.5. The fourth-order valence-corrected chi connectivity index (χ4v) is 2.59. The molecule has 0 aliphatic rings. The van der Waals surface area contributed by atoms with Crippen LogP contribution in [0.4, 0.5) is 0 Å². The summed E-state index contributed by atoms with van der Waals surface area (Å²) in [6.45, 7) is 2.10. The van der Waals surface area contributed by atoms with Gasteiger partial charge in [0.2, 0.25) is 0 Å². The third-order valence-corrected chi connectivity index (χ3v) is 3.95. The summed E-state index contributed by atoms with van der Waals surface area (Å²) in [5.41, 5.74) is 5.52. The number of rotatable bonds is 6. The number of aryl methyl sites for hydroxylation is 1. The Morgan fingerprint density at radius 3 is 2.59 bits per heavy atom. The SMILES string of the molecule is COCOc1ccc(C)c(-c2cc(C(=O)NN)nc(-c3ccccc3)n2)c1. The molecular weight excluding hydrogens is 344 g/mol. The minimum absolute atomic E-state index is 0.141. The maximum Gasteiger partial charge on any atom is 0.283 e. The molecule has 27 heavy (non-hydrogen) atoms. The summed E-state index contributed by atoms with van der Waals surface area (Å²) in [5.74, 6) is 5.89. The maximum absolute atomic E-state index is 12.1. The van der Waals surface area contributed by atoms with Gasteiger partial charge in [0.25, 0.3) is 5.91 Å². The van der Waals surface area contributed by atoms with Gasteiger partial charge in [0.05, 0.1) is 5.69 Å². The van der Waals surface area contributed by atoms with E-state index in [9.17, 15) is 4.79 Å². The quantitative estimate of drug-likeness (QED) is 0.302. The molecule has 138 valence electrons. The summed E-state index contributed by atoms with van der Waals surface area (Å²) in [4.78, 5) is 21.1. The first-order chi connectivity index (χ1) is 13.1. The molecule has 0 bridgehead atoms. The van der Waals surface area contributed by atoms with E-state index in [1.807, 2.05) is 55.5 Å². The number of hydrazine groups is 1. The average Bonchev–Trinajstić information content (AvgIpc) is 2.72. The second-order valence-corrected chi connectivity index (χ2v) is 5.83. The third kappa shape index (κ3) is 4.28. The fourth-order valence-electron chi connectivity index (χ4n) is 2.59. The van der Waals surface area contributed by atoms with Crippen LogP contribution in [-0.2, 0) is 4.74 Å². The zero-order chi connectivity index (χ0) is 19.2. The predicted octanol–water partition coefficient (Wildman–Crippen LogP) is 2.71. The Bertz CT molecular complexity index is 945. The first-order valence-electron chi connectivity index (χ1n) is 8.30. The number of nitrogens with one attached hydrogen (secondary N) is 1. The van der Waals surface area contributed by atoms with Gasteiger partial charge in [-0.15, -0.1) is 0 Å². The zero-order valence-corrected chi connectivity index (χ0v) is 15.1. The standard InChI is InChI=1S/C20H20N4O3/c1-13-8-9-15(27-12-26-2)10-16(13)17-11-18(20(25)24-21)23-19(22-17)14-6-4-3-5-7-14/h3-11H,12,21H2,1-2H3,(H,24,25). The number of hydrogen-bond donors (Lipinski definition) is 2. The molecule has 1 heterocycles. The summed E-state index contributed by atoms with van der Waals surface area (Å²) in [5, 5.41) is 0. The lowest BCUT2D eigenvalue weighted by Gasteiger charge is -2.12. The van der Waals surface area contributed by atoms with E-state index in [1.165, 1.54) is 0 Å². The van der Waals surface area contributed by atoms with Gasteiger partial charge in [-0.25, -0.2) is 15.8 Å². The van der Waals surface area contributed by atoms with Gasteiger partial charge in [-0.2, -0.15) is 0 Å². The first-order valence-corrected chi connectivity index (χ1v) is 8.30. The van der Waals surface area contributed by atoms with Crippen molar-refractivity contribution in [2.75, 3.05) is 13.9 Å². The van der Waals surface area contributed by atoms with E-state index < -0.39 is 5.91 Å². The molecular formula is C20H20N4O3. The van der Waals surface area contributed by atoms with Gasteiger partial charge in [0.1, 0.15) is 11.4 Å². The summed E-state index contributed by atoms with van der Waals surface area (Å²) in [6.07, 6.45) is 0. The summed E-state index contributed by atoms with van der Waals surface area (Å²) >= 11 is 0. The Balaban J connectivity index is 2.13. The number of benzene rings is 2. The molecule has 3 rings (SSSR count).